The molecular weight excluding hydrogens is 254 g/mol. The van der Waals surface area contributed by atoms with E-state index in [1.54, 1.807) is 0 Å². The van der Waals surface area contributed by atoms with Gasteiger partial charge in [0, 0.05) is 11.5 Å². The van der Waals surface area contributed by atoms with Crippen molar-refractivity contribution >= 4 is 12.2 Å². The van der Waals surface area contributed by atoms with Crippen LogP contribution in [0.3, 0.4) is 0 Å². The van der Waals surface area contributed by atoms with Gasteiger partial charge in [-0.3, -0.25) is 0 Å². The molecule has 0 unspecified atom stereocenters. The molecule has 94 valence electrons. The summed E-state index contributed by atoms with van der Waals surface area (Å²) < 4.78 is 27.2. The maximum absolute atomic E-state index is 13.7. The zero-order valence-electron chi connectivity index (χ0n) is 10.00. The van der Waals surface area contributed by atoms with E-state index in [1.165, 1.54) is 6.07 Å². The molecule has 1 aromatic carbocycles. The molecule has 0 radical (unpaired) electrons. The van der Waals surface area contributed by atoms with Crippen LogP contribution in [0.2, 0.25) is 0 Å². The van der Waals surface area contributed by atoms with Gasteiger partial charge in [-0.1, -0.05) is 26.1 Å². The van der Waals surface area contributed by atoms with E-state index in [-0.39, 0.29) is 11.5 Å². The molecule has 0 saturated carbocycles. The van der Waals surface area contributed by atoms with Crippen LogP contribution in [0, 0.1) is 16.3 Å². The summed E-state index contributed by atoms with van der Waals surface area (Å²) in [7, 11) is 0. The Balaban J connectivity index is 2.63. The van der Waals surface area contributed by atoms with E-state index in [9.17, 15) is 8.78 Å². The Morgan fingerprint density at radius 2 is 1.94 bits per heavy atom. The number of aromatic amines is 1. The summed E-state index contributed by atoms with van der Waals surface area (Å²) in [6, 6.07) is 4.84. The van der Waals surface area contributed by atoms with Gasteiger partial charge in [0.15, 0.2) is 0 Å². The fourth-order valence-corrected chi connectivity index (χ4v) is 1.82. The molecule has 0 aliphatic rings. The second-order valence-corrected chi connectivity index (χ2v) is 4.72. The molecule has 1 N–H and O–H groups in total. The first kappa shape index (κ1) is 12.8. The highest BCUT2D eigenvalue weighted by atomic mass is 32.1. The zero-order valence-corrected chi connectivity index (χ0v) is 10.8. The highest BCUT2D eigenvalue weighted by molar-refractivity contribution is 7.71. The van der Waals surface area contributed by atoms with Gasteiger partial charge in [0.05, 0.1) is 5.69 Å². The molecule has 0 atom stereocenters. The lowest BCUT2D eigenvalue weighted by molar-refractivity contribution is 0.602. The Morgan fingerprint density at radius 3 is 2.61 bits per heavy atom. The van der Waals surface area contributed by atoms with E-state index >= 15 is 0 Å². The van der Waals surface area contributed by atoms with Crippen molar-refractivity contribution in [1.82, 2.24) is 9.97 Å². The number of benzene rings is 1. The fraction of sp³-hybridized carbons (Fsp3) is 0.231. The van der Waals surface area contributed by atoms with Crippen molar-refractivity contribution in [3.63, 3.8) is 0 Å². The molecule has 2 aromatic rings. The molecule has 18 heavy (non-hydrogen) atoms. The number of hydrogen-bond acceptors (Lipinski definition) is 2. The lowest BCUT2D eigenvalue weighted by Crippen LogP contribution is -2.00. The minimum Gasteiger partial charge on any atom is -0.343 e. The molecule has 0 spiro atoms. The van der Waals surface area contributed by atoms with Crippen LogP contribution >= 0.6 is 12.2 Å². The van der Waals surface area contributed by atoms with Gasteiger partial charge >= 0.3 is 0 Å². The molecule has 0 aliphatic heterocycles. The van der Waals surface area contributed by atoms with Crippen LogP contribution in [0.4, 0.5) is 8.78 Å². The number of nitrogens with zero attached hydrogens (tertiary/aromatic N) is 1. The molecule has 1 aromatic heterocycles. The van der Waals surface area contributed by atoms with Crippen LogP contribution in [0.1, 0.15) is 25.6 Å². The van der Waals surface area contributed by atoms with Crippen molar-refractivity contribution < 1.29 is 8.78 Å². The summed E-state index contributed by atoms with van der Waals surface area (Å²) in [5.74, 6) is -0.207. The maximum Gasteiger partial charge on any atom is 0.132 e. The predicted octanol–water partition coefficient (Wildman–Crippen LogP) is 4.21. The largest absolute Gasteiger partial charge is 0.343 e. The van der Waals surface area contributed by atoms with Gasteiger partial charge in [0.1, 0.15) is 22.1 Å². The quantitative estimate of drug-likeness (QED) is 0.825. The number of aromatic nitrogens is 2. The number of halogens is 2. The molecule has 0 fully saturated rings. The summed E-state index contributed by atoms with van der Waals surface area (Å²) in [4.78, 5) is 7.14. The normalized spacial score (nSPS) is 10.9. The smallest absolute Gasteiger partial charge is 0.132 e. The molecule has 0 aliphatic carbocycles. The van der Waals surface area contributed by atoms with Crippen molar-refractivity contribution in [2.24, 2.45) is 0 Å². The second-order valence-electron chi connectivity index (χ2n) is 4.30. The summed E-state index contributed by atoms with van der Waals surface area (Å²) >= 11 is 5.04. The molecule has 5 heteroatoms. The van der Waals surface area contributed by atoms with Crippen LogP contribution < -0.4 is 0 Å². The summed E-state index contributed by atoms with van der Waals surface area (Å²) in [6.45, 7) is 3.89. The van der Waals surface area contributed by atoms with E-state index < -0.39 is 11.6 Å². The Hall–Kier alpha value is -1.62. The molecular formula is C13H12F2N2S. The summed E-state index contributed by atoms with van der Waals surface area (Å²) in [5.41, 5.74) is 0.598. The minimum absolute atomic E-state index is 0.128. The number of H-pyrrole nitrogens is 1. The number of nitrogens with one attached hydrogen (secondary N) is 1. The topological polar surface area (TPSA) is 28.7 Å². The predicted molar refractivity (Wildman–Crippen MR) is 68.9 cm³/mol. The van der Waals surface area contributed by atoms with E-state index in [2.05, 4.69) is 9.97 Å². The first-order valence-electron chi connectivity index (χ1n) is 5.54. The van der Waals surface area contributed by atoms with Gasteiger partial charge in [-0.2, -0.15) is 0 Å². The van der Waals surface area contributed by atoms with E-state index in [1.807, 2.05) is 13.8 Å². The Labute approximate surface area is 109 Å². The maximum atomic E-state index is 13.7. The minimum atomic E-state index is -0.497. The highest BCUT2D eigenvalue weighted by Crippen LogP contribution is 2.23. The van der Waals surface area contributed by atoms with Gasteiger partial charge in [0.2, 0.25) is 0 Å². The summed E-state index contributed by atoms with van der Waals surface area (Å²) in [5, 5.41) is 0. The average Bonchev–Trinajstić information content (AvgIpc) is 2.31. The Bertz CT molecular complexity index is 635. The van der Waals surface area contributed by atoms with Gasteiger partial charge in [-0.25, -0.2) is 13.8 Å². The van der Waals surface area contributed by atoms with E-state index in [0.717, 1.165) is 18.2 Å². The molecule has 0 bridgehead atoms. The summed E-state index contributed by atoms with van der Waals surface area (Å²) in [6.07, 6.45) is 0. The zero-order chi connectivity index (χ0) is 13.3. The Morgan fingerprint density at radius 1 is 1.22 bits per heavy atom. The molecule has 0 amide bonds. The molecule has 1 heterocycles. The first-order valence-corrected chi connectivity index (χ1v) is 5.95. The third kappa shape index (κ3) is 2.61. The van der Waals surface area contributed by atoms with Crippen LogP contribution in [0.25, 0.3) is 11.3 Å². The van der Waals surface area contributed by atoms with Crippen LogP contribution in [0.5, 0.6) is 0 Å². The van der Waals surface area contributed by atoms with Crippen molar-refractivity contribution in [3.8, 4) is 11.3 Å². The Kier molecular flexibility index (Phi) is 3.52. The van der Waals surface area contributed by atoms with Crippen LogP contribution in [-0.2, 0) is 0 Å². The van der Waals surface area contributed by atoms with E-state index in [0.29, 0.717) is 16.2 Å². The lowest BCUT2D eigenvalue weighted by Gasteiger charge is -2.09. The standard InChI is InChI=1S/C13H12F2N2S/c1-7(2)13-16-11(6-12(18)17-13)9-5-8(14)3-4-10(9)15/h3-7H,1-2H3,(H,16,17,18). The van der Waals surface area contributed by atoms with Gasteiger partial charge < -0.3 is 4.98 Å². The number of rotatable bonds is 2. The fourth-order valence-electron chi connectivity index (χ4n) is 1.60. The van der Waals surface area contributed by atoms with E-state index in [4.69, 9.17) is 12.2 Å². The van der Waals surface area contributed by atoms with Gasteiger partial charge in [-0.05, 0) is 24.3 Å². The molecule has 0 saturated heterocycles. The third-order valence-electron chi connectivity index (χ3n) is 2.53. The van der Waals surface area contributed by atoms with Crippen LogP contribution in [-0.4, -0.2) is 9.97 Å². The second kappa shape index (κ2) is 4.94. The third-order valence-corrected chi connectivity index (χ3v) is 2.74. The number of hydrogen-bond donors (Lipinski definition) is 1. The lowest BCUT2D eigenvalue weighted by atomic mass is 10.1. The van der Waals surface area contributed by atoms with Crippen molar-refractivity contribution in [2.45, 2.75) is 19.8 Å². The monoisotopic (exact) mass is 266 g/mol. The molecule has 2 nitrogen and oxygen atoms in total. The SMILES string of the molecule is CC(C)c1nc(=S)cc(-c2cc(F)ccc2F)[nH]1. The van der Waals surface area contributed by atoms with Gasteiger partial charge in [0.25, 0.3) is 0 Å². The van der Waals surface area contributed by atoms with Gasteiger partial charge in [-0.15, -0.1) is 0 Å². The van der Waals surface area contributed by atoms with Crippen molar-refractivity contribution in [1.29, 1.82) is 0 Å². The highest BCUT2D eigenvalue weighted by Gasteiger charge is 2.10. The van der Waals surface area contributed by atoms with Crippen molar-refractivity contribution in [2.75, 3.05) is 0 Å². The van der Waals surface area contributed by atoms with Crippen molar-refractivity contribution in [3.05, 3.63) is 46.4 Å². The van der Waals surface area contributed by atoms with Crippen LogP contribution in [0.15, 0.2) is 24.3 Å². The molecule has 2 rings (SSSR count). The first-order chi connectivity index (χ1) is 8.47. The average molecular weight is 266 g/mol.